The highest BCUT2D eigenvalue weighted by Crippen LogP contribution is 2.36. The molecule has 6 heteroatoms. The second kappa shape index (κ2) is 8.25. The zero-order chi connectivity index (χ0) is 18.6. The van der Waals surface area contributed by atoms with Crippen LogP contribution in [0.5, 0.6) is 0 Å². The van der Waals surface area contributed by atoms with Gasteiger partial charge < -0.3 is 14.6 Å². The van der Waals surface area contributed by atoms with E-state index in [4.69, 9.17) is 9.47 Å². The lowest BCUT2D eigenvalue weighted by molar-refractivity contribution is -0.158. The number of esters is 2. The van der Waals surface area contributed by atoms with Crippen LogP contribution in [0.1, 0.15) is 39.5 Å². The minimum atomic E-state index is -1.34. The number of fused-ring (bicyclic) bond motifs is 1. The molecule has 0 aromatic heterocycles. The van der Waals surface area contributed by atoms with Crippen LogP contribution in [0.2, 0.25) is 0 Å². The molecule has 4 atom stereocenters. The van der Waals surface area contributed by atoms with Crippen LogP contribution >= 0.6 is 0 Å². The standard InChI is InChI=1S/C19H24O6/c1-4-6-15(21)25-18-16-12(3)19(23)24-14(16)9-11(2)7-5-8-13(10-20)17(18)22/h8-10,14,16-18,22H,3-7H2,1-2H3/b11-9+,13-8-/t14-,16-,17+,18+/m1/s1. The topological polar surface area (TPSA) is 89.9 Å². The van der Waals surface area contributed by atoms with Gasteiger partial charge >= 0.3 is 11.9 Å². The summed E-state index contributed by atoms with van der Waals surface area (Å²) < 4.78 is 10.8. The maximum absolute atomic E-state index is 12.0. The van der Waals surface area contributed by atoms with Gasteiger partial charge in [0.1, 0.15) is 24.6 Å². The summed E-state index contributed by atoms with van der Waals surface area (Å²) in [6.07, 6.45) is 2.84. The predicted molar refractivity (Wildman–Crippen MR) is 90.4 cm³/mol. The lowest BCUT2D eigenvalue weighted by Gasteiger charge is -2.30. The van der Waals surface area contributed by atoms with E-state index in [-0.39, 0.29) is 17.6 Å². The molecule has 1 fully saturated rings. The van der Waals surface area contributed by atoms with E-state index in [1.807, 2.05) is 13.8 Å². The van der Waals surface area contributed by atoms with Crippen molar-refractivity contribution < 1.29 is 29.0 Å². The van der Waals surface area contributed by atoms with Crippen LogP contribution in [0.4, 0.5) is 0 Å². The number of ether oxygens (including phenoxy) is 2. The Hall–Kier alpha value is -2.21. The maximum atomic E-state index is 12.0. The minimum absolute atomic E-state index is 0.133. The van der Waals surface area contributed by atoms with E-state index >= 15 is 0 Å². The Morgan fingerprint density at radius 1 is 1.52 bits per heavy atom. The Labute approximate surface area is 147 Å². The molecule has 0 amide bonds. The summed E-state index contributed by atoms with van der Waals surface area (Å²) in [6.45, 7) is 7.48. The molecule has 0 aromatic rings. The highest BCUT2D eigenvalue weighted by atomic mass is 16.6. The van der Waals surface area contributed by atoms with E-state index in [9.17, 15) is 19.5 Å². The summed E-state index contributed by atoms with van der Waals surface area (Å²) >= 11 is 0. The van der Waals surface area contributed by atoms with Gasteiger partial charge in [-0.2, -0.15) is 0 Å². The number of carbonyl (C=O) groups is 3. The van der Waals surface area contributed by atoms with Crippen molar-refractivity contribution in [1.29, 1.82) is 0 Å². The molecule has 2 aliphatic rings. The molecule has 0 bridgehead atoms. The summed E-state index contributed by atoms with van der Waals surface area (Å²) in [5.41, 5.74) is 1.25. The molecule has 1 N–H and O–H groups in total. The van der Waals surface area contributed by atoms with Crippen molar-refractivity contribution >= 4 is 18.2 Å². The average Bonchev–Trinajstić information content (AvgIpc) is 2.83. The number of carbonyl (C=O) groups excluding carboxylic acids is 3. The highest BCUT2D eigenvalue weighted by Gasteiger charge is 2.47. The number of rotatable bonds is 4. The van der Waals surface area contributed by atoms with Crippen molar-refractivity contribution in [3.05, 3.63) is 35.5 Å². The SMILES string of the molecule is C=C1C(=O)O[C@@H]2/C=C(\C)CC/C=C(/C=O)[C@H](O)[C@@H](OC(=O)CCC)[C@H]12. The van der Waals surface area contributed by atoms with Crippen LogP contribution < -0.4 is 0 Å². The molecule has 0 spiro atoms. The van der Waals surface area contributed by atoms with E-state index < -0.39 is 36.2 Å². The van der Waals surface area contributed by atoms with Crippen LogP contribution in [-0.2, 0) is 23.9 Å². The van der Waals surface area contributed by atoms with Crippen LogP contribution in [0.3, 0.4) is 0 Å². The zero-order valence-corrected chi connectivity index (χ0v) is 14.6. The van der Waals surface area contributed by atoms with Crippen molar-refractivity contribution in [2.24, 2.45) is 5.92 Å². The third kappa shape index (κ3) is 4.25. The van der Waals surface area contributed by atoms with Gasteiger partial charge in [0.25, 0.3) is 0 Å². The first-order valence-corrected chi connectivity index (χ1v) is 8.48. The minimum Gasteiger partial charge on any atom is -0.458 e. The van der Waals surface area contributed by atoms with Gasteiger partial charge in [0.15, 0.2) is 0 Å². The van der Waals surface area contributed by atoms with Crippen molar-refractivity contribution in [2.75, 3.05) is 0 Å². The van der Waals surface area contributed by atoms with Crippen molar-refractivity contribution in [3.63, 3.8) is 0 Å². The quantitative estimate of drug-likeness (QED) is 0.362. The number of aldehydes is 1. The second-order valence-electron chi connectivity index (χ2n) is 6.44. The number of hydrogen-bond acceptors (Lipinski definition) is 6. The summed E-state index contributed by atoms with van der Waals surface area (Å²) in [6, 6.07) is 0. The van der Waals surface area contributed by atoms with Crippen LogP contribution in [-0.4, -0.2) is 41.6 Å². The van der Waals surface area contributed by atoms with Crippen molar-refractivity contribution in [3.8, 4) is 0 Å². The Kier molecular flexibility index (Phi) is 6.31. The molecule has 0 aromatic carbocycles. The van der Waals surface area contributed by atoms with Gasteiger partial charge in [0.2, 0.25) is 0 Å². The molecule has 1 saturated heterocycles. The van der Waals surface area contributed by atoms with Gasteiger partial charge in [-0.15, -0.1) is 0 Å². The van der Waals surface area contributed by atoms with Gasteiger partial charge in [-0.3, -0.25) is 9.59 Å². The average molecular weight is 348 g/mol. The molecular weight excluding hydrogens is 324 g/mol. The number of allylic oxidation sites excluding steroid dienone is 2. The van der Waals surface area contributed by atoms with Crippen molar-refractivity contribution in [2.45, 2.75) is 57.8 Å². The fourth-order valence-electron chi connectivity index (χ4n) is 3.14. The van der Waals surface area contributed by atoms with Crippen molar-refractivity contribution in [1.82, 2.24) is 0 Å². The normalized spacial score (nSPS) is 34.0. The molecule has 0 unspecified atom stereocenters. The zero-order valence-electron chi connectivity index (χ0n) is 14.6. The molecular formula is C19H24O6. The summed E-state index contributed by atoms with van der Waals surface area (Å²) in [7, 11) is 0. The fourth-order valence-corrected chi connectivity index (χ4v) is 3.14. The summed E-state index contributed by atoms with van der Waals surface area (Å²) in [5, 5.41) is 10.7. The van der Waals surface area contributed by atoms with E-state index in [1.54, 1.807) is 12.2 Å². The summed E-state index contributed by atoms with van der Waals surface area (Å²) in [5.74, 6) is -1.82. The van der Waals surface area contributed by atoms with E-state index in [0.717, 1.165) is 5.57 Å². The summed E-state index contributed by atoms with van der Waals surface area (Å²) in [4.78, 5) is 35.4. The Morgan fingerprint density at radius 2 is 2.24 bits per heavy atom. The molecule has 2 rings (SSSR count). The second-order valence-corrected chi connectivity index (χ2v) is 6.44. The number of hydrogen-bond donors (Lipinski definition) is 1. The Balaban J connectivity index is 2.46. The third-order valence-electron chi connectivity index (χ3n) is 4.49. The van der Waals surface area contributed by atoms with Crippen LogP contribution in [0.25, 0.3) is 0 Å². The molecule has 136 valence electrons. The lowest BCUT2D eigenvalue weighted by atomic mass is 9.84. The van der Waals surface area contributed by atoms with Crippen LogP contribution in [0.15, 0.2) is 35.5 Å². The highest BCUT2D eigenvalue weighted by molar-refractivity contribution is 5.91. The largest absolute Gasteiger partial charge is 0.458 e. The predicted octanol–water partition coefficient (Wildman–Crippen LogP) is 2.02. The monoisotopic (exact) mass is 348 g/mol. The first-order valence-electron chi connectivity index (χ1n) is 8.48. The molecule has 1 aliphatic heterocycles. The first kappa shape index (κ1) is 19.1. The molecule has 0 saturated carbocycles. The lowest BCUT2D eigenvalue weighted by Crippen LogP contribution is -2.43. The Morgan fingerprint density at radius 3 is 2.88 bits per heavy atom. The molecule has 1 heterocycles. The van der Waals surface area contributed by atoms with E-state index in [1.165, 1.54) is 0 Å². The number of aliphatic hydroxyl groups is 1. The van der Waals surface area contributed by atoms with E-state index in [0.29, 0.717) is 25.5 Å². The van der Waals surface area contributed by atoms with Crippen LogP contribution in [0, 0.1) is 5.92 Å². The molecule has 0 radical (unpaired) electrons. The maximum Gasteiger partial charge on any atom is 0.334 e. The van der Waals surface area contributed by atoms with Gasteiger partial charge in [0, 0.05) is 17.6 Å². The molecule has 6 nitrogen and oxygen atoms in total. The number of aliphatic hydroxyl groups excluding tert-OH is 1. The van der Waals surface area contributed by atoms with E-state index in [2.05, 4.69) is 6.58 Å². The van der Waals surface area contributed by atoms with Gasteiger partial charge in [0.05, 0.1) is 5.92 Å². The first-order chi connectivity index (χ1) is 11.9. The molecule has 25 heavy (non-hydrogen) atoms. The Bertz CT molecular complexity index is 630. The fraction of sp³-hybridized carbons (Fsp3) is 0.526. The van der Waals surface area contributed by atoms with Gasteiger partial charge in [-0.05, 0) is 32.3 Å². The third-order valence-corrected chi connectivity index (χ3v) is 4.49. The van der Waals surface area contributed by atoms with Gasteiger partial charge in [-0.1, -0.05) is 25.2 Å². The smallest absolute Gasteiger partial charge is 0.334 e. The van der Waals surface area contributed by atoms with Gasteiger partial charge in [-0.25, -0.2) is 4.79 Å². The molecule has 1 aliphatic carbocycles.